The first-order valence-corrected chi connectivity index (χ1v) is 4.36. The maximum atomic E-state index is 6.13. The summed E-state index contributed by atoms with van der Waals surface area (Å²) in [6.45, 7) is 0. The molecule has 12 heavy (non-hydrogen) atoms. The van der Waals surface area contributed by atoms with Crippen LogP contribution in [0.3, 0.4) is 0 Å². The quantitative estimate of drug-likeness (QED) is 0.616. The number of benzene rings is 1. The van der Waals surface area contributed by atoms with E-state index in [1.165, 1.54) is 12.0 Å². The van der Waals surface area contributed by atoms with E-state index < -0.39 is 0 Å². The summed E-state index contributed by atoms with van der Waals surface area (Å²) in [5.41, 5.74) is 13.7. The normalized spacial score (nSPS) is 20.1. The summed E-state index contributed by atoms with van der Waals surface area (Å²) in [5, 5.41) is 0. The number of hydrogen-bond donors (Lipinski definition) is 2. The fraction of sp³-hybridized carbons (Fsp3) is 0.400. The van der Waals surface area contributed by atoms with Crippen molar-refractivity contribution in [2.75, 3.05) is 5.73 Å². The molecule has 0 spiro atoms. The van der Waals surface area contributed by atoms with Gasteiger partial charge in [0.05, 0.1) is 0 Å². The van der Waals surface area contributed by atoms with E-state index >= 15 is 0 Å². The maximum Gasteiger partial charge on any atom is 0.0409 e. The predicted molar refractivity (Wildman–Crippen MR) is 50.6 cm³/mol. The summed E-state index contributed by atoms with van der Waals surface area (Å²) in [5.74, 6) is 0. The summed E-state index contributed by atoms with van der Waals surface area (Å²) in [6, 6.07) is 7.91. The van der Waals surface area contributed by atoms with Gasteiger partial charge in [-0.3, -0.25) is 0 Å². The molecule has 1 aliphatic rings. The van der Waals surface area contributed by atoms with Crippen molar-refractivity contribution < 1.29 is 0 Å². The van der Waals surface area contributed by atoms with Gasteiger partial charge in [0.25, 0.3) is 0 Å². The van der Waals surface area contributed by atoms with Gasteiger partial charge in [-0.2, -0.15) is 0 Å². The fourth-order valence-corrected chi connectivity index (χ4v) is 1.66. The van der Waals surface area contributed by atoms with E-state index in [4.69, 9.17) is 11.5 Å². The van der Waals surface area contributed by atoms with Crippen LogP contribution in [0, 0.1) is 0 Å². The van der Waals surface area contributed by atoms with Gasteiger partial charge in [-0.25, -0.2) is 0 Å². The van der Waals surface area contributed by atoms with Gasteiger partial charge >= 0.3 is 0 Å². The van der Waals surface area contributed by atoms with Crippen molar-refractivity contribution >= 4 is 5.69 Å². The Bertz CT molecular complexity index is 272. The molecule has 64 valence electrons. The van der Waals surface area contributed by atoms with Gasteiger partial charge in [0.1, 0.15) is 0 Å². The molecule has 1 aromatic carbocycles. The van der Waals surface area contributed by atoms with Crippen LogP contribution in [0.5, 0.6) is 0 Å². The molecule has 2 nitrogen and oxygen atoms in total. The van der Waals surface area contributed by atoms with Crippen molar-refractivity contribution in [1.29, 1.82) is 0 Å². The van der Waals surface area contributed by atoms with Crippen LogP contribution in [0.15, 0.2) is 24.3 Å². The third-order valence-electron chi connectivity index (χ3n) is 2.73. The average molecular weight is 162 g/mol. The van der Waals surface area contributed by atoms with Crippen LogP contribution in [0.1, 0.15) is 24.8 Å². The van der Waals surface area contributed by atoms with Crippen LogP contribution in [0.4, 0.5) is 5.69 Å². The second-order valence-corrected chi connectivity index (χ2v) is 3.63. The molecule has 1 saturated carbocycles. The van der Waals surface area contributed by atoms with E-state index in [1.54, 1.807) is 0 Å². The number of anilines is 1. The summed E-state index contributed by atoms with van der Waals surface area (Å²) >= 11 is 0. The second-order valence-electron chi connectivity index (χ2n) is 3.63. The Hall–Kier alpha value is -1.02. The Morgan fingerprint density at radius 2 is 1.67 bits per heavy atom. The zero-order chi connectivity index (χ0) is 8.60. The van der Waals surface area contributed by atoms with Crippen molar-refractivity contribution in [2.24, 2.45) is 5.73 Å². The molecule has 0 heterocycles. The van der Waals surface area contributed by atoms with E-state index in [0.29, 0.717) is 0 Å². The second kappa shape index (κ2) is 2.49. The Morgan fingerprint density at radius 3 is 2.08 bits per heavy atom. The molecule has 0 unspecified atom stereocenters. The molecule has 0 aromatic heterocycles. The minimum absolute atomic E-state index is 0.0479. The van der Waals surface area contributed by atoms with E-state index in [-0.39, 0.29) is 5.54 Å². The van der Waals surface area contributed by atoms with Crippen molar-refractivity contribution in [2.45, 2.75) is 24.8 Å². The minimum atomic E-state index is -0.0479. The molecule has 0 atom stereocenters. The summed E-state index contributed by atoms with van der Waals surface area (Å²) in [7, 11) is 0. The third-order valence-corrected chi connectivity index (χ3v) is 2.73. The van der Waals surface area contributed by atoms with Gasteiger partial charge < -0.3 is 11.5 Å². The molecule has 0 bridgehead atoms. The SMILES string of the molecule is Nc1ccc(C2(N)CCC2)cc1. The van der Waals surface area contributed by atoms with E-state index in [1.807, 2.05) is 24.3 Å². The largest absolute Gasteiger partial charge is 0.399 e. The first-order chi connectivity index (χ1) is 5.71. The third kappa shape index (κ3) is 1.08. The number of hydrogen-bond acceptors (Lipinski definition) is 2. The zero-order valence-electron chi connectivity index (χ0n) is 7.09. The lowest BCUT2D eigenvalue weighted by Gasteiger charge is -2.38. The van der Waals surface area contributed by atoms with Gasteiger partial charge in [-0.15, -0.1) is 0 Å². The van der Waals surface area contributed by atoms with Gasteiger partial charge in [0.15, 0.2) is 0 Å². The Morgan fingerprint density at radius 1 is 1.08 bits per heavy atom. The average Bonchev–Trinajstić information content (AvgIpc) is 2.02. The predicted octanol–water partition coefficient (Wildman–Crippen LogP) is 1.61. The highest BCUT2D eigenvalue weighted by atomic mass is 14.8. The highest BCUT2D eigenvalue weighted by molar-refractivity contribution is 5.41. The molecular weight excluding hydrogens is 148 g/mol. The van der Waals surface area contributed by atoms with Crippen molar-refractivity contribution in [3.63, 3.8) is 0 Å². The minimum Gasteiger partial charge on any atom is -0.399 e. The molecule has 1 aliphatic carbocycles. The van der Waals surface area contributed by atoms with Crippen LogP contribution in [-0.2, 0) is 5.54 Å². The molecular formula is C10H14N2. The van der Waals surface area contributed by atoms with E-state index in [0.717, 1.165) is 18.5 Å². The number of nitrogen functional groups attached to an aromatic ring is 1. The van der Waals surface area contributed by atoms with Crippen molar-refractivity contribution in [3.05, 3.63) is 29.8 Å². The molecule has 1 aromatic rings. The molecule has 2 heteroatoms. The molecule has 1 fully saturated rings. The smallest absolute Gasteiger partial charge is 0.0409 e. The summed E-state index contributed by atoms with van der Waals surface area (Å²) in [6.07, 6.45) is 3.47. The lowest BCUT2D eigenvalue weighted by atomic mass is 9.73. The molecule has 0 amide bonds. The molecule has 2 rings (SSSR count). The molecule has 0 radical (unpaired) electrons. The highest BCUT2D eigenvalue weighted by Gasteiger charge is 2.33. The lowest BCUT2D eigenvalue weighted by Crippen LogP contribution is -2.43. The lowest BCUT2D eigenvalue weighted by molar-refractivity contribution is 0.253. The topological polar surface area (TPSA) is 52.0 Å². The number of nitrogens with two attached hydrogens (primary N) is 2. The van der Waals surface area contributed by atoms with Crippen LogP contribution < -0.4 is 11.5 Å². The first-order valence-electron chi connectivity index (χ1n) is 4.36. The van der Waals surface area contributed by atoms with Crippen LogP contribution >= 0.6 is 0 Å². The number of rotatable bonds is 1. The molecule has 0 saturated heterocycles. The highest BCUT2D eigenvalue weighted by Crippen LogP contribution is 2.38. The summed E-state index contributed by atoms with van der Waals surface area (Å²) in [4.78, 5) is 0. The van der Waals surface area contributed by atoms with Crippen LogP contribution in [0.25, 0.3) is 0 Å². The van der Waals surface area contributed by atoms with Crippen LogP contribution in [0.2, 0.25) is 0 Å². The van der Waals surface area contributed by atoms with Crippen LogP contribution in [-0.4, -0.2) is 0 Å². The monoisotopic (exact) mass is 162 g/mol. The Balaban J connectivity index is 2.28. The van der Waals surface area contributed by atoms with Gasteiger partial charge in [-0.05, 0) is 37.0 Å². The standard InChI is InChI=1S/C10H14N2/c11-9-4-2-8(3-5-9)10(12)6-1-7-10/h2-5H,1,6-7,11-12H2. The summed E-state index contributed by atoms with van der Waals surface area (Å²) < 4.78 is 0. The fourth-order valence-electron chi connectivity index (χ4n) is 1.66. The molecule has 4 N–H and O–H groups in total. The van der Waals surface area contributed by atoms with Gasteiger partial charge in [0.2, 0.25) is 0 Å². The zero-order valence-corrected chi connectivity index (χ0v) is 7.09. The van der Waals surface area contributed by atoms with Crippen molar-refractivity contribution in [3.8, 4) is 0 Å². The van der Waals surface area contributed by atoms with Gasteiger partial charge in [0, 0.05) is 11.2 Å². The van der Waals surface area contributed by atoms with Gasteiger partial charge in [-0.1, -0.05) is 12.1 Å². The first kappa shape index (κ1) is 7.62. The molecule has 0 aliphatic heterocycles. The van der Waals surface area contributed by atoms with E-state index in [2.05, 4.69) is 0 Å². The Labute approximate surface area is 72.6 Å². The maximum absolute atomic E-state index is 6.13. The van der Waals surface area contributed by atoms with Crippen molar-refractivity contribution in [1.82, 2.24) is 0 Å². The Kier molecular flexibility index (Phi) is 1.58. The van der Waals surface area contributed by atoms with E-state index in [9.17, 15) is 0 Å².